The molecule has 1 unspecified atom stereocenters. The first-order valence-electron chi connectivity index (χ1n) is 7.11. The third-order valence-corrected chi connectivity index (χ3v) is 2.86. The van der Waals surface area contributed by atoms with E-state index < -0.39 is 29.6 Å². The molecule has 2 atom stereocenters. The van der Waals surface area contributed by atoms with Gasteiger partial charge in [0.1, 0.15) is 17.7 Å². The van der Waals surface area contributed by atoms with Crippen LogP contribution in [-0.4, -0.2) is 34.7 Å². The maximum Gasteiger partial charge on any atom is 0.327 e. The van der Waals surface area contributed by atoms with Gasteiger partial charge in [-0.25, -0.2) is 4.79 Å². The highest BCUT2D eigenvalue weighted by Gasteiger charge is 2.28. The van der Waals surface area contributed by atoms with E-state index in [1.807, 2.05) is 30.3 Å². The molecule has 0 aliphatic rings. The quantitative estimate of drug-likeness (QED) is 0.596. The third-order valence-electron chi connectivity index (χ3n) is 2.86. The largest absolute Gasteiger partial charge is 0.480 e. The molecule has 0 saturated carbocycles. The van der Waals surface area contributed by atoms with Crippen LogP contribution in [0.25, 0.3) is 0 Å². The molecule has 5 nitrogen and oxygen atoms in total. The van der Waals surface area contributed by atoms with E-state index in [-0.39, 0.29) is 6.42 Å². The average molecular weight is 305 g/mol. The normalized spacial score (nSPS) is 14.0. The molecule has 0 heterocycles. The van der Waals surface area contributed by atoms with Crippen LogP contribution in [0.1, 0.15) is 26.3 Å². The maximum absolute atomic E-state index is 12.1. The first-order chi connectivity index (χ1) is 10.2. The molecule has 22 heavy (non-hydrogen) atoms. The number of carboxylic acid groups (broad SMARTS) is 1. The van der Waals surface area contributed by atoms with Crippen molar-refractivity contribution in [2.75, 3.05) is 0 Å². The number of aliphatic carboxylic acids is 1. The minimum Gasteiger partial charge on any atom is -0.480 e. The van der Waals surface area contributed by atoms with Gasteiger partial charge in [-0.2, -0.15) is 0 Å². The van der Waals surface area contributed by atoms with E-state index in [1.165, 1.54) is 6.08 Å². The van der Waals surface area contributed by atoms with Crippen molar-refractivity contribution in [3.8, 4) is 0 Å². The molecule has 0 bridgehead atoms. The molecule has 0 aliphatic carbocycles. The second-order valence-corrected chi connectivity index (χ2v) is 5.99. The summed E-state index contributed by atoms with van der Waals surface area (Å²) in [6, 6.07) is 7.45. The third kappa shape index (κ3) is 6.10. The molecule has 120 valence electrons. The van der Waals surface area contributed by atoms with Gasteiger partial charge < -0.3 is 9.84 Å². The summed E-state index contributed by atoms with van der Waals surface area (Å²) in [5, 5.41) is 12.1. The maximum atomic E-state index is 12.1. The predicted molar refractivity (Wildman–Crippen MR) is 84.5 cm³/mol. The zero-order valence-corrected chi connectivity index (χ0v) is 13.2. The van der Waals surface area contributed by atoms with Gasteiger partial charge in [0, 0.05) is 0 Å². The van der Waals surface area contributed by atoms with Gasteiger partial charge in [-0.05, 0) is 32.8 Å². The van der Waals surface area contributed by atoms with Crippen LogP contribution in [0.5, 0.6) is 0 Å². The molecule has 5 heteroatoms. The fourth-order valence-corrected chi connectivity index (χ4v) is 1.88. The Labute approximate surface area is 131 Å². The van der Waals surface area contributed by atoms with Gasteiger partial charge in [0.05, 0.1) is 0 Å². The SMILES string of the molecule is C=CC(N[C@@H](Cc1ccccc1)C(=O)O)C(=O)OC(C)(C)C. The Hall–Kier alpha value is -2.14. The predicted octanol–water partition coefficient (Wildman–Crippen LogP) is 2.17. The number of hydrogen-bond acceptors (Lipinski definition) is 4. The van der Waals surface area contributed by atoms with E-state index in [4.69, 9.17) is 4.74 Å². The monoisotopic (exact) mass is 305 g/mol. The Kier molecular flexibility index (Phi) is 6.31. The standard InChI is InChI=1S/C17H23NO4/c1-5-13(16(21)22-17(2,3)4)18-14(15(19)20)11-12-9-7-6-8-10-12/h5-10,13-14,18H,1,11H2,2-4H3,(H,19,20)/t13?,14-/m0/s1. The summed E-state index contributed by atoms with van der Waals surface area (Å²) in [4.78, 5) is 23.5. The fraction of sp³-hybridized carbons (Fsp3) is 0.412. The summed E-state index contributed by atoms with van der Waals surface area (Å²) in [6.45, 7) is 8.84. The molecule has 0 amide bonds. The van der Waals surface area contributed by atoms with Crippen LogP contribution < -0.4 is 5.32 Å². The smallest absolute Gasteiger partial charge is 0.327 e. The molecule has 1 aromatic carbocycles. The zero-order valence-electron chi connectivity index (χ0n) is 13.2. The number of rotatable bonds is 7. The minimum atomic E-state index is -1.03. The summed E-state index contributed by atoms with van der Waals surface area (Å²) >= 11 is 0. The first-order valence-corrected chi connectivity index (χ1v) is 7.11. The Bertz CT molecular complexity index is 519. The van der Waals surface area contributed by atoms with Crippen molar-refractivity contribution in [2.24, 2.45) is 0 Å². The lowest BCUT2D eigenvalue weighted by Gasteiger charge is -2.25. The first kappa shape index (κ1) is 17.9. The molecular formula is C17H23NO4. The van der Waals surface area contributed by atoms with Crippen molar-refractivity contribution in [1.82, 2.24) is 5.32 Å². The number of nitrogens with one attached hydrogen (secondary N) is 1. The molecule has 1 aromatic rings. The summed E-state index contributed by atoms with van der Waals surface area (Å²) in [7, 11) is 0. The second-order valence-electron chi connectivity index (χ2n) is 5.99. The van der Waals surface area contributed by atoms with E-state index in [2.05, 4.69) is 11.9 Å². The number of carbonyl (C=O) groups excluding carboxylic acids is 1. The van der Waals surface area contributed by atoms with Crippen molar-refractivity contribution >= 4 is 11.9 Å². The highest BCUT2D eigenvalue weighted by Crippen LogP contribution is 2.10. The van der Waals surface area contributed by atoms with Crippen molar-refractivity contribution in [3.63, 3.8) is 0 Å². The van der Waals surface area contributed by atoms with Crippen LogP contribution in [0.2, 0.25) is 0 Å². The second kappa shape index (κ2) is 7.75. The molecule has 0 fully saturated rings. The molecule has 0 saturated heterocycles. The van der Waals surface area contributed by atoms with E-state index in [0.29, 0.717) is 0 Å². The Morgan fingerprint density at radius 1 is 1.32 bits per heavy atom. The highest BCUT2D eigenvalue weighted by molar-refractivity contribution is 5.80. The number of carbonyl (C=O) groups is 2. The van der Waals surface area contributed by atoms with Gasteiger partial charge in [-0.1, -0.05) is 36.4 Å². The van der Waals surface area contributed by atoms with Gasteiger partial charge in [0.15, 0.2) is 0 Å². The number of benzene rings is 1. The molecular weight excluding hydrogens is 282 g/mol. The van der Waals surface area contributed by atoms with Crippen LogP contribution in [-0.2, 0) is 20.7 Å². The number of esters is 1. The summed E-state index contributed by atoms with van der Waals surface area (Å²) < 4.78 is 5.26. The Balaban J connectivity index is 2.77. The highest BCUT2D eigenvalue weighted by atomic mass is 16.6. The van der Waals surface area contributed by atoms with Gasteiger partial charge in [-0.3, -0.25) is 10.1 Å². The summed E-state index contributed by atoms with van der Waals surface area (Å²) in [5.41, 5.74) is 0.229. The van der Waals surface area contributed by atoms with Crippen LogP contribution in [0.3, 0.4) is 0 Å². The molecule has 2 N–H and O–H groups in total. The van der Waals surface area contributed by atoms with E-state index in [9.17, 15) is 14.7 Å². The molecule has 0 spiro atoms. The topological polar surface area (TPSA) is 75.6 Å². The lowest BCUT2D eigenvalue weighted by atomic mass is 10.0. The lowest BCUT2D eigenvalue weighted by molar-refractivity contribution is -0.156. The Morgan fingerprint density at radius 2 is 1.91 bits per heavy atom. The van der Waals surface area contributed by atoms with E-state index in [0.717, 1.165) is 5.56 Å². The van der Waals surface area contributed by atoms with Gasteiger partial charge in [-0.15, -0.1) is 6.58 Å². The van der Waals surface area contributed by atoms with Gasteiger partial charge in [0.2, 0.25) is 0 Å². The number of ether oxygens (including phenoxy) is 1. The minimum absolute atomic E-state index is 0.267. The summed E-state index contributed by atoms with van der Waals surface area (Å²) in [5.74, 6) is -1.57. The average Bonchev–Trinajstić information content (AvgIpc) is 2.42. The van der Waals surface area contributed by atoms with Crippen LogP contribution in [0.15, 0.2) is 43.0 Å². The molecule has 0 aromatic heterocycles. The van der Waals surface area contributed by atoms with Crippen LogP contribution >= 0.6 is 0 Å². The lowest BCUT2D eigenvalue weighted by Crippen LogP contribution is -2.49. The molecule has 0 radical (unpaired) electrons. The molecule has 0 aliphatic heterocycles. The van der Waals surface area contributed by atoms with E-state index in [1.54, 1.807) is 20.8 Å². The van der Waals surface area contributed by atoms with Crippen molar-refractivity contribution in [3.05, 3.63) is 48.6 Å². The number of hydrogen-bond donors (Lipinski definition) is 2. The van der Waals surface area contributed by atoms with Crippen LogP contribution in [0, 0.1) is 0 Å². The van der Waals surface area contributed by atoms with Crippen molar-refractivity contribution in [2.45, 2.75) is 44.9 Å². The summed E-state index contributed by atoms with van der Waals surface area (Å²) in [6.07, 6.45) is 1.62. The van der Waals surface area contributed by atoms with Gasteiger partial charge in [0.25, 0.3) is 0 Å². The molecule has 1 rings (SSSR count). The van der Waals surface area contributed by atoms with Crippen molar-refractivity contribution < 1.29 is 19.4 Å². The van der Waals surface area contributed by atoms with Crippen molar-refractivity contribution in [1.29, 1.82) is 0 Å². The van der Waals surface area contributed by atoms with Crippen LogP contribution in [0.4, 0.5) is 0 Å². The van der Waals surface area contributed by atoms with Gasteiger partial charge >= 0.3 is 11.9 Å². The Morgan fingerprint density at radius 3 is 2.36 bits per heavy atom. The van der Waals surface area contributed by atoms with E-state index >= 15 is 0 Å². The number of carboxylic acids is 1. The fourth-order valence-electron chi connectivity index (χ4n) is 1.88. The zero-order chi connectivity index (χ0) is 16.8.